The first-order valence-corrected chi connectivity index (χ1v) is 10.3. The minimum absolute atomic E-state index is 0.00614. The summed E-state index contributed by atoms with van der Waals surface area (Å²) in [6.07, 6.45) is 1.56. The smallest absolute Gasteiger partial charge is 0.329 e. The minimum atomic E-state index is -0.574. The number of nitrogens with zero attached hydrogens (tertiary/aromatic N) is 3. The Labute approximate surface area is 194 Å². The third kappa shape index (κ3) is 4.13. The second-order valence-electron chi connectivity index (χ2n) is 7.78. The summed E-state index contributed by atoms with van der Waals surface area (Å²) in [5.74, 6) is -0.466. The van der Waals surface area contributed by atoms with Crippen LogP contribution < -0.4 is 10.1 Å². The maximum Gasteiger partial charge on any atom is 0.329 e. The Kier molecular flexibility index (Phi) is 5.89. The van der Waals surface area contributed by atoms with Crippen LogP contribution in [-0.4, -0.2) is 33.4 Å². The third-order valence-electron chi connectivity index (χ3n) is 5.60. The van der Waals surface area contributed by atoms with E-state index in [-0.39, 0.29) is 17.9 Å². The molecule has 0 bridgehead atoms. The van der Waals surface area contributed by atoms with Gasteiger partial charge in [0.15, 0.2) is 0 Å². The van der Waals surface area contributed by atoms with E-state index >= 15 is 0 Å². The third-order valence-corrected chi connectivity index (χ3v) is 5.60. The zero-order valence-corrected chi connectivity index (χ0v) is 18.7. The molecular weight excluding hydrogens is 443 g/mol. The number of amides is 3. The fraction of sp³-hybridized carbons (Fsp3) is 0.167. The number of nitrogens with one attached hydrogen (secondary N) is 1. The number of nitro benzene ring substituents is 1. The summed E-state index contributed by atoms with van der Waals surface area (Å²) in [6, 6.07) is 11.1. The van der Waals surface area contributed by atoms with Crippen LogP contribution in [0.2, 0.25) is 0 Å². The van der Waals surface area contributed by atoms with Crippen LogP contribution in [0.4, 0.5) is 14.9 Å². The highest BCUT2D eigenvalue weighted by Crippen LogP contribution is 2.32. The number of aromatic nitrogens is 1. The Bertz CT molecular complexity index is 1340. The van der Waals surface area contributed by atoms with Gasteiger partial charge in [0.05, 0.1) is 24.3 Å². The average molecular weight is 464 g/mol. The monoisotopic (exact) mass is 464 g/mol. The van der Waals surface area contributed by atoms with E-state index in [1.807, 2.05) is 13.0 Å². The van der Waals surface area contributed by atoms with E-state index in [1.54, 1.807) is 17.6 Å². The molecule has 0 atom stereocenters. The number of hydrogen-bond donors (Lipinski definition) is 1. The lowest BCUT2D eigenvalue weighted by Gasteiger charge is -2.14. The summed E-state index contributed by atoms with van der Waals surface area (Å²) in [5, 5.41) is 13.9. The summed E-state index contributed by atoms with van der Waals surface area (Å²) in [4.78, 5) is 37.1. The summed E-state index contributed by atoms with van der Waals surface area (Å²) in [6.45, 7) is 3.63. The number of halogens is 1. The SMILES string of the molecule is COc1ccc([N+](=O)[O-])cc1-n1c(C)cc(/C=C2\NC(=O)N(Cc3ccc(F)cc3)C2=O)c1C. The van der Waals surface area contributed by atoms with Gasteiger partial charge in [0, 0.05) is 23.5 Å². The Balaban J connectivity index is 1.68. The second kappa shape index (κ2) is 8.81. The van der Waals surface area contributed by atoms with Gasteiger partial charge in [-0.2, -0.15) is 0 Å². The molecule has 0 spiro atoms. The molecule has 4 rings (SSSR count). The maximum atomic E-state index is 13.2. The Morgan fingerprint density at radius 2 is 1.82 bits per heavy atom. The van der Waals surface area contributed by atoms with Gasteiger partial charge in [0.1, 0.15) is 17.3 Å². The van der Waals surface area contributed by atoms with E-state index in [2.05, 4.69) is 5.32 Å². The molecule has 3 aromatic rings. The summed E-state index contributed by atoms with van der Waals surface area (Å²) in [5.41, 5.74) is 3.21. The van der Waals surface area contributed by atoms with Gasteiger partial charge in [-0.25, -0.2) is 9.18 Å². The number of aryl methyl sites for hydroxylation is 1. The first kappa shape index (κ1) is 22.7. The minimum Gasteiger partial charge on any atom is -0.495 e. The van der Waals surface area contributed by atoms with Gasteiger partial charge in [-0.1, -0.05) is 12.1 Å². The highest BCUT2D eigenvalue weighted by atomic mass is 19.1. The number of methoxy groups -OCH3 is 1. The van der Waals surface area contributed by atoms with Crippen molar-refractivity contribution in [2.45, 2.75) is 20.4 Å². The highest BCUT2D eigenvalue weighted by Gasteiger charge is 2.33. The number of non-ortho nitro benzene ring substituents is 1. The predicted octanol–water partition coefficient (Wildman–Crippen LogP) is 4.24. The van der Waals surface area contributed by atoms with Crippen LogP contribution in [0.15, 0.2) is 54.2 Å². The standard InChI is InChI=1S/C24H21FN4O5/c1-14-10-17(15(2)28(14)21-12-19(29(32)33)8-9-22(21)34-3)11-20-23(30)27(24(31)26-20)13-16-4-6-18(25)7-5-16/h4-12H,13H2,1-3H3,(H,26,31)/b20-11-. The molecule has 0 aliphatic carbocycles. The number of hydrogen-bond acceptors (Lipinski definition) is 5. The summed E-state index contributed by atoms with van der Waals surface area (Å²) < 4.78 is 20.3. The molecule has 174 valence electrons. The van der Waals surface area contributed by atoms with Crippen molar-refractivity contribution in [3.05, 3.63) is 92.7 Å². The quantitative estimate of drug-likeness (QED) is 0.254. The zero-order chi connectivity index (χ0) is 24.6. The second-order valence-corrected chi connectivity index (χ2v) is 7.78. The van der Waals surface area contributed by atoms with Gasteiger partial charge in [-0.3, -0.25) is 19.8 Å². The van der Waals surface area contributed by atoms with Gasteiger partial charge in [-0.05, 0) is 55.3 Å². The van der Waals surface area contributed by atoms with Crippen LogP contribution in [0.1, 0.15) is 22.5 Å². The number of rotatable bonds is 6. The lowest BCUT2D eigenvalue weighted by molar-refractivity contribution is -0.384. The van der Waals surface area contributed by atoms with Crippen LogP contribution in [0.3, 0.4) is 0 Å². The van der Waals surface area contributed by atoms with Crippen LogP contribution in [0.25, 0.3) is 11.8 Å². The number of carbonyl (C=O) groups excluding carboxylic acids is 2. The lowest BCUT2D eigenvalue weighted by atomic mass is 10.2. The topological polar surface area (TPSA) is 107 Å². The van der Waals surface area contributed by atoms with Crippen molar-refractivity contribution in [2.75, 3.05) is 7.11 Å². The van der Waals surface area contributed by atoms with Crippen LogP contribution in [0, 0.1) is 29.8 Å². The number of benzene rings is 2. The first-order valence-electron chi connectivity index (χ1n) is 10.3. The van der Waals surface area contributed by atoms with E-state index in [1.165, 1.54) is 49.6 Å². The first-order chi connectivity index (χ1) is 16.2. The molecule has 1 fully saturated rings. The zero-order valence-electron chi connectivity index (χ0n) is 18.7. The Hall–Kier alpha value is -4.47. The molecule has 2 aromatic carbocycles. The number of nitro groups is 1. The Morgan fingerprint density at radius 3 is 2.47 bits per heavy atom. The molecule has 1 saturated heterocycles. The fourth-order valence-corrected chi connectivity index (χ4v) is 3.91. The summed E-state index contributed by atoms with van der Waals surface area (Å²) >= 11 is 0. The average Bonchev–Trinajstić information content (AvgIpc) is 3.23. The number of imide groups is 1. The van der Waals surface area contributed by atoms with E-state index in [0.29, 0.717) is 28.3 Å². The lowest BCUT2D eigenvalue weighted by Crippen LogP contribution is -2.30. The molecule has 1 aliphatic heterocycles. The molecule has 1 aromatic heterocycles. The molecule has 10 heteroatoms. The van der Waals surface area contributed by atoms with Crippen molar-refractivity contribution in [3.63, 3.8) is 0 Å². The molecule has 3 amide bonds. The van der Waals surface area contributed by atoms with Gasteiger partial charge < -0.3 is 14.6 Å². The van der Waals surface area contributed by atoms with Crippen LogP contribution in [-0.2, 0) is 11.3 Å². The van der Waals surface area contributed by atoms with Crippen molar-refractivity contribution < 1.29 is 23.6 Å². The van der Waals surface area contributed by atoms with Gasteiger partial charge >= 0.3 is 6.03 Å². The van der Waals surface area contributed by atoms with E-state index in [0.717, 1.165) is 10.6 Å². The number of urea groups is 1. The molecule has 1 aliphatic rings. The van der Waals surface area contributed by atoms with Gasteiger partial charge in [0.2, 0.25) is 0 Å². The fourth-order valence-electron chi connectivity index (χ4n) is 3.91. The van der Waals surface area contributed by atoms with Gasteiger partial charge in [-0.15, -0.1) is 0 Å². The summed E-state index contributed by atoms with van der Waals surface area (Å²) in [7, 11) is 1.48. The van der Waals surface area contributed by atoms with Crippen molar-refractivity contribution in [1.29, 1.82) is 0 Å². The van der Waals surface area contributed by atoms with Gasteiger partial charge in [0.25, 0.3) is 11.6 Å². The number of carbonyl (C=O) groups is 2. The molecule has 0 unspecified atom stereocenters. The van der Waals surface area contributed by atoms with E-state index in [9.17, 15) is 24.1 Å². The predicted molar refractivity (Wildman–Crippen MR) is 122 cm³/mol. The molecule has 1 N–H and O–H groups in total. The van der Waals surface area contributed by atoms with Crippen molar-refractivity contribution in [2.24, 2.45) is 0 Å². The van der Waals surface area contributed by atoms with E-state index < -0.39 is 22.7 Å². The molecule has 34 heavy (non-hydrogen) atoms. The molecule has 9 nitrogen and oxygen atoms in total. The van der Waals surface area contributed by atoms with E-state index in [4.69, 9.17) is 4.74 Å². The van der Waals surface area contributed by atoms with Crippen molar-refractivity contribution >= 4 is 23.7 Å². The largest absolute Gasteiger partial charge is 0.495 e. The molecule has 0 radical (unpaired) electrons. The normalized spacial score (nSPS) is 14.6. The van der Waals surface area contributed by atoms with Crippen LogP contribution in [0.5, 0.6) is 5.75 Å². The molecule has 2 heterocycles. The van der Waals surface area contributed by atoms with Crippen molar-refractivity contribution in [1.82, 2.24) is 14.8 Å². The Morgan fingerprint density at radius 1 is 1.12 bits per heavy atom. The molecular formula is C24H21FN4O5. The highest BCUT2D eigenvalue weighted by molar-refractivity contribution is 6.14. The number of ether oxygens (including phenoxy) is 1. The van der Waals surface area contributed by atoms with Crippen LogP contribution >= 0.6 is 0 Å². The molecule has 0 saturated carbocycles. The maximum absolute atomic E-state index is 13.2. The van der Waals surface area contributed by atoms with Crippen molar-refractivity contribution in [3.8, 4) is 11.4 Å².